The molecule has 1 aliphatic rings. The molecule has 1 aromatic rings. The number of benzene rings is 1. The first-order valence-corrected chi connectivity index (χ1v) is 5.83. The third kappa shape index (κ3) is 1.81. The van der Waals surface area contributed by atoms with Crippen molar-refractivity contribution in [1.82, 2.24) is 0 Å². The zero-order valence-corrected chi connectivity index (χ0v) is 9.85. The molecule has 3 N–H and O–H groups in total. The van der Waals surface area contributed by atoms with Gasteiger partial charge in [0, 0.05) is 5.69 Å². The van der Waals surface area contributed by atoms with Gasteiger partial charge in [-0.15, -0.1) is 0 Å². The molecule has 1 atom stereocenters. The van der Waals surface area contributed by atoms with Gasteiger partial charge < -0.3 is 5.73 Å². The van der Waals surface area contributed by atoms with E-state index < -0.39 is 11.2 Å². The van der Waals surface area contributed by atoms with Gasteiger partial charge in [0.1, 0.15) is 15.4 Å². The summed E-state index contributed by atoms with van der Waals surface area (Å²) in [5.74, 6) is -0.399. The number of thiocarbonyl (C=S) groups is 1. The Morgan fingerprint density at radius 2 is 2.06 bits per heavy atom. The average Bonchev–Trinajstić information content (AvgIpc) is 2.56. The van der Waals surface area contributed by atoms with Crippen molar-refractivity contribution in [3.05, 3.63) is 30.3 Å². The number of amidine groups is 1. The van der Waals surface area contributed by atoms with Gasteiger partial charge in [0.25, 0.3) is 0 Å². The lowest BCUT2D eigenvalue weighted by Gasteiger charge is -2.17. The number of hydrogen-bond donors (Lipinski definition) is 2. The number of hydrogen-bond acceptors (Lipinski definition) is 4. The molecular weight excluding hydrogens is 242 g/mol. The molecule has 0 aromatic heterocycles. The Morgan fingerprint density at radius 1 is 1.44 bits per heavy atom. The van der Waals surface area contributed by atoms with Crippen LogP contribution in [-0.4, -0.2) is 21.3 Å². The highest BCUT2D eigenvalue weighted by Gasteiger charge is 2.38. The van der Waals surface area contributed by atoms with E-state index in [9.17, 15) is 4.79 Å². The summed E-state index contributed by atoms with van der Waals surface area (Å²) in [6.45, 7) is 0. The van der Waals surface area contributed by atoms with Crippen molar-refractivity contribution in [3.63, 3.8) is 0 Å². The average molecular weight is 251 g/mol. The second kappa shape index (κ2) is 4.23. The third-order valence-electron chi connectivity index (χ3n) is 2.16. The van der Waals surface area contributed by atoms with Crippen LogP contribution in [0.3, 0.4) is 0 Å². The van der Waals surface area contributed by atoms with Crippen LogP contribution in [0.25, 0.3) is 0 Å². The van der Waals surface area contributed by atoms with Crippen molar-refractivity contribution in [2.24, 2.45) is 5.73 Å². The Morgan fingerprint density at radius 3 is 2.56 bits per heavy atom. The van der Waals surface area contributed by atoms with Gasteiger partial charge in [-0.2, -0.15) is 0 Å². The molecule has 1 fully saturated rings. The van der Waals surface area contributed by atoms with Gasteiger partial charge in [-0.1, -0.05) is 42.2 Å². The third-order valence-corrected chi connectivity index (χ3v) is 3.71. The van der Waals surface area contributed by atoms with Gasteiger partial charge in [-0.25, -0.2) is 0 Å². The molecule has 0 bridgehead atoms. The molecule has 82 valence electrons. The molecule has 0 spiro atoms. The zero-order valence-electron chi connectivity index (χ0n) is 8.21. The molecule has 16 heavy (non-hydrogen) atoms. The van der Waals surface area contributed by atoms with E-state index in [1.165, 1.54) is 0 Å². The number of primary amides is 1. The van der Waals surface area contributed by atoms with Crippen LogP contribution in [-0.2, 0) is 4.79 Å². The highest BCUT2D eigenvalue weighted by Crippen LogP contribution is 2.31. The Labute approximate surface area is 102 Å². The minimum absolute atomic E-state index is 0.133. The number of nitrogens with two attached hydrogens (primary N) is 1. The van der Waals surface area contributed by atoms with E-state index >= 15 is 0 Å². The smallest absolute Gasteiger partial charge is 0.238 e. The summed E-state index contributed by atoms with van der Waals surface area (Å²) in [6.07, 6.45) is 0. The van der Waals surface area contributed by atoms with Gasteiger partial charge in [0.2, 0.25) is 5.91 Å². The standard InChI is InChI=1S/C10H9N3OS2/c11-8-7(9(12)14)16-10(15)13(8)6-4-2-1-3-5-6/h1-5,7,11H,(H2,12,14)/t7-/m1/s1. The van der Waals surface area contributed by atoms with Gasteiger partial charge in [-0.05, 0) is 12.1 Å². The predicted octanol–water partition coefficient (Wildman–Crippen LogP) is 1.36. The lowest BCUT2D eigenvalue weighted by molar-refractivity contribution is -0.116. The minimum Gasteiger partial charge on any atom is -0.368 e. The maximum Gasteiger partial charge on any atom is 0.238 e. The van der Waals surface area contributed by atoms with Gasteiger partial charge >= 0.3 is 0 Å². The molecule has 1 aliphatic heterocycles. The SMILES string of the molecule is N=C1[C@H](C(N)=O)SC(=S)N1c1ccccc1. The van der Waals surface area contributed by atoms with Crippen LogP contribution in [0.15, 0.2) is 30.3 Å². The minimum atomic E-state index is -0.673. The normalized spacial score (nSPS) is 20.2. The van der Waals surface area contributed by atoms with E-state index in [1.807, 2.05) is 30.3 Å². The van der Waals surface area contributed by atoms with Gasteiger partial charge in [0.15, 0.2) is 0 Å². The van der Waals surface area contributed by atoms with E-state index in [4.69, 9.17) is 23.4 Å². The number of carbonyl (C=O) groups excluding carboxylic acids is 1. The Hall–Kier alpha value is -1.40. The molecule has 0 aliphatic carbocycles. The number of nitrogens with one attached hydrogen (secondary N) is 1. The molecular formula is C10H9N3OS2. The summed E-state index contributed by atoms with van der Waals surface area (Å²) in [7, 11) is 0. The van der Waals surface area contributed by atoms with Crippen LogP contribution in [0.5, 0.6) is 0 Å². The molecule has 2 rings (SSSR count). The fourth-order valence-corrected chi connectivity index (χ4v) is 2.78. The number of thioether (sulfide) groups is 1. The van der Waals surface area contributed by atoms with Crippen LogP contribution in [0.4, 0.5) is 5.69 Å². The number of amides is 1. The van der Waals surface area contributed by atoms with Gasteiger partial charge in [-0.3, -0.25) is 15.1 Å². The first-order valence-electron chi connectivity index (χ1n) is 4.55. The largest absolute Gasteiger partial charge is 0.368 e. The van der Waals surface area contributed by atoms with Crippen molar-refractivity contribution >= 4 is 45.7 Å². The fourth-order valence-electron chi connectivity index (χ4n) is 1.44. The lowest BCUT2D eigenvalue weighted by Crippen LogP contribution is -2.36. The number of carbonyl (C=O) groups is 1. The van der Waals surface area contributed by atoms with Crippen molar-refractivity contribution in [2.75, 3.05) is 4.90 Å². The number of nitrogens with zero attached hydrogens (tertiary/aromatic N) is 1. The van der Waals surface area contributed by atoms with Crippen LogP contribution in [0.1, 0.15) is 0 Å². The molecule has 6 heteroatoms. The van der Waals surface area contributed by atoms with Crippen molar-refractivity contribution in [3.8, 4) is 0 Å². The van der Waals surface area contributed by atoms with Crippen molar-refractivity contribution < 1.29 is 4.79 Å². The van der Waals surface area contributed by atoms with E-state index in [0.717, 1.165) is 17.4 Å². The first kappa shape index (κ1) is 11.1. The summed E-state index contributed by atoms with van der Waals surface area (Å²) in [6, 6.07) is 9.27. The van der Waals surface area contributed by atoms with E-state index in [2.05, 4.69) is 0 Å². The number of para-hydroxylation sites is 1. The summed E-state index contributed by atoms with van der Waals surface area (Å²) in [5.41, 5.74) is 5.99. The molecule has 0 radical (unpaired) electrons. The Balaban J connectivity index is 2.34. The van der Waals surface area contributed by atoms with Gasteiger partial charge in [0.05, 0.1) is 0 Å². The van der Waals surface area contributed by atoms with Crippen molar-refractivity contribution in [1.29, 1.82) is 5.41 Å². The van der Waals surface area contributed by atoms with E-state index in [0.29, 0.717) is 4.32 Å². The Kier molecular flexibility index (Phi) is 2.93. The van der Waals surface area contributed by atoms with Crippen LogP contribution in [0.2, 0.25) is 0 Å². The number of rotatable bonds is 2. The summed E-state index contributed by atoms with van der Waals surface area (Å²) in [4.78, 5) is 12.7. The maximum atomic E-state index is 11.1. The molecule has 0 unspecified atom stereocenters. The fraction of sp³-hybridized carbons (Fsp3) is 0.100. The predicted molar refractivity (Wildman–Crippen MR) is 69.8 cm³/mol. The topological polar surface area (TPSA) is 70.2 Å². The lowest BCUT2D eigenvalue weighted by atomic mass is 10.2. The van der Waals surface area contributed by atoms with Crippen LogP contribution >= 0.6 is 24.0 Å². The summed E-state index contributed by atoms with van der Waals surface area (Å²) in [5, 5.41) is 7.20. The summed E-state index contributed by atoms with van der Waals surface area (Å²) < 4.78 is 0.486. The summed E-state index contributed by atoms with van der Waals surface area (Å²) >= 11 is 6.28. The number of anilines is 1. The second-order valence-corrected chi connectivity index (χ2v) is 4.96. The molecule has 1 amide bonds. The maximum absolute atomic E-state index is 11.1. The van der Waals surface area contributed by atoms with E-state index in [-0.39, 0.29) is 5.84 Å². The first-order chi connectivity index (χ1) is 7.61. The van der Waals surface area contributed by atoms with Crippen LogP contribution in [0, 0.1) is 5.41 Å². The molecule has 1 aromatic carbocycles. The Bertz CT molecular complexity index is 460. The second-order valence-electron chi connectivity index (χ2n) is 3.22. The highest BCUT2D eigenvalue weighted by molar-refractivity contribution is 8.25. The van der Waals surface area contributed by atoms with Crippen LogP contribution < -0.4 is 10.6 Å². The molecule has 0 saturated carbocycles. The van der Waals surface area contributed by atoms with E-state index in [1.54, 1.807) is 4.90 Å². The molecule has 4 nitrogen and oxygen atoms in total. The molecule has 1 heterocycles. The molecule has 1 saturated heterocycles. The quantitative estimate of drug-likeness (QED) is 0.779. The van der Waals surface area contributed by atoms with Crippen molar-refractivity contribution in [2.45, 2.75) is 5.25 Å². The monoisotopic (exact) mass is 251 g/mol. The highest BCUT2D eigenvalue weighted by atomic mass is 32.2. The zero-order chi connectivity index (χ0) is 11.7.